The molecule has 4 nitrogen and oxygen atoms in total. The quantitative estimate of drug-likeness (QED) is 0.714. The highest BCUT2D eigenvalue weighted by Gasteiger charge is 2.29. The van der Waals surface area contributed by atoms with E-state index < -0.39 is 11.7 Å². The Morgan fingerprint density at radius 3 is 2.50 bits per heavy atom. The Balaban J connectivity index is 1.72. The van der Waals surface area contributed by atoms with Crippen molar-refractivity contribution < 1.29 is 17.9 Å². The lowest BCUT2D eigenvalue weighted by Crippen LogP contribution is -2.07. The molecule has 7 heteroatoms. The number of benzene rings is 2. The van der Waals surface area contributed by atoms with Crippen LogP contribution < -0.4 is 10.1 Å². The van der Waals surface area contributed by atoms with Crippen LogP contribution in [-0.4, -0.2) is 16.7 Å². The largest absolute Gasteiger partial charge is 0.497 e. The minimum absolute atomic E-state index is 0.376. The maximum atomic E-state index is 12.6. The van der Waals surface area contributed by atoms with E-state index in [4.69, 9.17) is 4.74 Å². The Labute approximate surface area is 149 Å². The smallest absolute Gasteiger partial charge is 0.416 e. The molecule has 26 heavy (non-hydrogen) atoms. The average molecular weight is 361 g/mol. The fourth-order valence-corrected chi connectivity index (χ4v) is 2.62. The second kappa shape index (κ2) is 7.11. The van der Waals surface area contributed by atoms with E-state index in [1.165, 1.54) is 12.1 Å². The third-order valence-corrected chi connectivity index (χ3v) is 4.09. The van der Waals surface area contributed by atoms with Gasteiger partial charge in [0.15, 0.2) is 0 Å². The minimum atomic E-state index is -4.32. The molecule has 0 saturated heterocycles. The van der Waals surface area contributed by atoms with E-state index in [-0.39, 0.29) is 0 Å². The van der Waals surface area contributed by atoms with Gasteiger partial charge in [0.2, 0.25) is 5.95 Å². The molecule has 0 saturated carbocycles. The molecule has 0 aliphatic rings. The molecule has 0 aliphatic carbocycles. The Morgan fingerprint density at radius 1 is 1.12 bits per heavy atom. The number of ether oxygens (including phenoxy) is 1. The van der Waals surface area contributed by atoms with Gasteiger partial charge in [-0.3, -0.25) is 0 Å². The molecule has 3 aromatic rings. The van der Waals surface area contributed by atoms with Gasteiger partial charge >= 0.3 is 6.18 Å². The van der Waals surface area contributed by atoms with Crippen molar-refractivity contribution in [3.8, 4) is 17.0 Å². The lowest BCUT2D eigenvalue weighted by Gasteiger charge is -2.10. The maximum Gasteiger partial charge on any atom is 0.416 e. The molecule has 2 aromatic carbocycles. The van der Waals surface area contributed by atoms with Crippen LogP contribution in [0.2, 0.25) is 0 Å². The second-order valence-electron chi connectivity index (χ2n) is 5.81. The fraction of sp³-hybridized carbons (Fsp3) is 0.211. The molecule has 1 heterocycles. The summed E-state index contributed by atoms with van der Waals surface area (Å²) in [7, 11) is 3.48. The zero-order valence-electron chi connectivity index (χ0n) is 14.3. The number of anilines is 1. The molecule has 0 atom stereocenters. The van der Waals surface area contributed by atoms with Crippen LogP contribution in [0.25, 0.3) is 11.3 Å². The topological polar surface area (TPSA) is 39.1 Å². The molecule has 1 aromatic heterocycles. The molecular weight excluding hydrogens is 343 g/mol. The summed E-state index contributed by atoms with van der Waals surface area (Å²) < 4.78 is 44.9. The number of aromatic nitrogens is 2. The molecule has 0 spiro atoms. The molecule has 0 bridgehead atoms. The molecule has 3 rings (SSSR count). The number of nitrogens with zero attached hydrogens (tertiary/aromatic N) is 2. The summed E-state index contributed by atoms with van der Waals surface area (Å²) in [6, 6.07) is 12.7. The van der Waals surface area contributed by atoms with E-state index in [1.54, 1.807) is 13.3 Å². The number of nitrogens with one attached hydrogen (secondary N) is 1. The Bertz CT molecular complexity index is 886. The molecule has 0 unspecified atom stereocenters. The second-order valence-corrected chi connectivity index (χ2v) is 5.81. The van der Waals surface area contributed by atoms with Crippen molar-refractivity contribution in [1.82, 2.24) is 9.55 Å². The van der Waals surface area contributed by atoms with Crippen LogP contribution in [0.3, 0.4) is 0 Å². The Hall–Kier alpha value is -2.96. The van der Waals surface area contributed by atoms with E-state index in [0.717, 1.165) is 34.7 Å². The molecular formula is C19H18F3N3O. The molecule has 1 N–H and O–H groups in total. The van der Waals surface area contributed by atoms with Gasteiger partial charge in [-0.25, -0.2) is 4.98 Å². The summed E-state index contributed by atoms with van der Waals surface area (Å²) >= 11 is 0. The number of methoxy groups -OCH3 is 1. The SMILES string of the molecule is COc1cccc(-c2cnc(NCc3ccc(C(F)(F)F)cc3)n2C)c1. The first-order valence-electron chi connectivity index (χ1n) is 7.94. The monoisotopic (exact) mass is 361 g/mol. The predicted octanol–water partition coefficient (Wildman–Crippen LogP) is 4.73. The number of halogens is 3. The Kier molecular flexibility index (Phi) is 4.88. The number of alkyl halides is 3. The summed E-state index contributed by atoms with van der Waals surface area (Å²) in [5, 5.41) is 3.15. The van der Waals surface area contributed by atoms with Gasteiger partial charge in [0.1, 0.15) is 5.75 Å². The highest BCUT2D eigenvalue weighted by Crippen LogP contribution is 2.29. The number of hydrogen-bond donors (Lipinski definition) is 1. The lowest BCUT2D eigenvalue weighted by atomic mass is 10.1. The van der Waals surface area contributed by atoms with E-state index in [2.05, 4.69) is 10.3 Å². The van der Waals surface area contributed by atoms with Crippen LogP contribution in [0, 0.1) is 0 Å². The van der Waals surface area contributed by atoms with Gasteiger partial charge in [0.05, 0.1) is 24.6 Å². The van der Waals surface area contributed by atoms with Gasteiger partial charge in [0, 0.05) is 19.2 Å². The number of rotatable bonds is 5. The number of imidazole rings is 1. The van der Waals surface area contributed by atoms with Crippen molar-refractivity contribution in [1.29, 1.82) is 0 Å². The van der Waals surface area contributed by atoms with Crippen molar-refractivity contribution in [3.63, 3.8) is 0 Å². The fourth-order valence-electron chi connectivity index (χ4n) is 2.62. The van der Waals surface area contributed by atoms with E-state index in [0.29, 0.717) is 12.5 Å². The third-order valence-electron chi connectivity index (χ3n) is 4.09. The van der Waals surface area contributed by atoms with Gasteiger partial charge in [-0.2, -0.15) is 13.2 Å². The van der Waals surface area contributed by atoms with Crippen LogP contribution in [0.15, 0.2) is 54.7 Å². The van der Waals surface area contributed by atoms with Crippen LogP contribution in [-0.2, 0) is 19.8 Å². The van der Waals surface area contributed by atoms with Crippen LogP contribution in [0.1, 0.15) is 11.1 Å². The first kappa shape index (κ1) is 17.8. The van der Waals surface area contributed by atoms with Crippen molar-refractivity contribution in [2.75, 3.05) is 12.4 Å². The summed E-state index contributed by atoms with van der Waals surface area (Å²) in [5.74, 6) is 1.38. The van der Waals surface area contributed by atoms with E-state index >= 15 is 0 Å². The predicted molar refractivity (Wildman–Crippen MR) is 94.0 cm³/mol. The molecule has 0 amide bonds. The first-order valence-corrected chi connectivity index (χ1v) is 7.94. The molecule has 136 valence electrons. The third kappa shape index (κ3) is 3.82. The number of hydrogen-bond acceptors (Lipinski definition) is 3. The summed E-state index contributed by atoms with van der Waals surface area (Å²) in [4.78, 5) is 4.35. The summed E-state index contributed by atoms with van der Waals surface area (Å²) in [5.41, 5.74) is 1.95. The van der Waals surface area contributed by atoms with Gasteiger partial charge < -0.3 is 14.6 Å². The zero-order valence-corrected chi connectivity index (χ0v) is 14.3. The van der Waals surface area contributed by atoms with Crippen molar-refractivity contribution in [2.45, 2.75) is 12.7 Å². The van der Waals surface area contributed by atoms with Crippen LogP contribution in [0.4, 0.5) is 19.1 Å². The van der Waals surface area contributed by atoms with Crippen molar-refractivity contribution in [2.24, 2.45) is 7.05 Å². The summed E-state index contributed by atoms with van der Waals surface area (Å²) in [6.07, 6.45) is -2.58. The lowest BCUT2D eigenvalue weighted by molar-refractivity contribution is -0.137. The van der Waals surface area contributed by atoms with Gasteiger partial charge in [-0.05, 0) is 29.8 Å². The van der Waals surface area contributed by atoms with Crippen molar-refractivity contribution in [3.05, 3.63) is 65.9 Å². The maximum absolute atomic E-state index is 12.6. The zero-order chi connectivity index (χ0) is 18.7. The molecule has 0 aliphatic heterocycles. The minimum Gasteiger partial charge on any atom is -0.497 e. The normalized spacial score (nSPS) is 11.4. The first-order chi connectivity index (χ1) is 12.4. The molecule has 0 radical (unpaired) electrons. The van der Waals surface area contributed by atoms with Gasteiger partial charge in [0.25, 0.3) is 0 Å². The Morgan fingerprint density at radius 2 is 1.85 bits per heavy atom. The van der Waals surface area contributed by atoms with Crippen molar-refractivity contribution >= 4 is 5.95 Å². The van der Waals surface area contributed by atoms with Crippen LogP contribution in [0.5, 0.6) is 5.75 Å². The van der Waals surface area contributed by atoms with E-state index in [9.17, 15) is 13.2 Å². The average Bonchev–Trinajstić information content (AvgIpc) is 3.00. The van der Waals surface area contributed by atoms with Gasteiger partial charge in [-0.15, -0.1) is 0 Å². The standard InChI is InChI=1S/C19H18F3N3O/c1-25-17(14-4-3-5-16(10-14)26-2)12-24-18(25)23-11-13-6-8-15(9-7-13)19(20,21)22/h3-10,12H,11H2,1-2H3,(H,23,24). The molecule has 0 fully saturated rings. The van der Waals surface area contributed by atoms with E-state index in [1.807, 2.05) is 35.9 Å². The highest BCUT2D eigenvalue weighted by molar-refractivity contribution is 5.63. The van der Waals surface area contributed by atoms with Crippen LogP contribution >= 0.6 is 0 Å². The van der Waals surface area contributed by atoms with Gasteiger partial charge in [-0.1, -0.05) is 24.3 Å². The summed E-state index contributed by atoms with van der Waals surface area (Å²) in [6.45, 7) is 0.376. The highest BCUT2D eigenvalue weighted by atomic mass is 19.4.